The molecule has 0 amide bonds. The van der Waals surface area contributed by atoms with Crippen LogP contribution < -0.4 is 0 Å². The predicted octanol–water partition coefficient (Wildman–Crippen LogP) is 4.96. The van der Waals surface area contributed by atoms with E-state index in [9.17, 15) is 0 Å². The summed E-state index contributed by atoms with van der Waals surface area (Å²) in [4.78, 5) is 0. The lowest BCUT2D eigenvalue weighted by molar-refractivity contribution is 1.39. The molecule has 0 unspecified atom stereocenters. The van der Waals surface area contributed by atoms with E-state index in [0.29, 0.717) is 0 Å². The average molecular weight is 220 g/mol. The Bertz CT molecular complexity index is 637. The summed E-state index contributed by atoms with van der Waals surface area (Å²) in [6, 6.07) is 15.2. The standard InChI is InChI=1S/C17H16/c1-12-10-11-15(13(12)2)17-9-5-7-14-6-3-4-8-16(14)17/h3-10H,11H2,1-2H3. The zero-order valence-corrected chi connectivity index (χ0v) is 10.3. The minimum Gasteiger partial charge on any atom is -0.0769 e. The number of hydrogen-bond donors (Lipinski definition) is 0. The van der Waals surface area contributed by atoms with E-state index in [1.165, 1.54) is 33.1 Å². The van der Waals surface area contributed by atoms with Gasteiger partial charge in [-0.1, -0.05) is 54.1 Å². The lowest BCUT2D eigenvalue weighted by atomic mass is 9.95. The fourth-order valence-electron chi connectivity index (χ4n) is 2.60. The first-order valence-electron chi connectivity index (χ1n) is 6.12. The van der Waals surface area contributed by atoms with Gasteiger partial charge in [0.2, 0.25) is 0 Å². The highest BCUT2D eigenvalue weighted by atomic mass is 14.2. The summed E-state index contributed by atoms with van der Waals surface area (Å²) in [5, 5.41) is 2.70. The van der Waals surface area contributed by atoms with Crippen LogP contribution in [-0.2, 0) is 0 Å². The van der Waals surface area contributed by atoms with Crippen LogP contribution in [0.5, 0.6) is 0 Å². The molecule has 84 valence electrons. The topological polar surface area (TPSA) is 0 Å². The van der Waals surface area contributed by atoms with Crippen LogP contribution in [0.2, 0.25) is 0 Å². The molecule has 0 saturated carbocycles. The molecule has 1 aliphatic rings. The zero-order valence-electron chi connectivity index (χ0n) is 10.3. The highest BCUT2D eigenvalue weighted by molar-refractivity contribution is 5.96. The third-order valence-corrected chi connectivity index (χ3v) is 3.77. The van der Waals surface area contributed by atoms with Crippen LogP contribution in [0.3, 0.4) is 0 Å². The molecule has 0 heteroatoms. The number of hydrogen-bond acceptors (Lipinski definition) is 0. The molecule has 0 spiro atoms. The SMILES string of the molecule is CC1=CCC(c2cccc3ccccc23)=C1C. The Hall–Kier alpha value is -1.82. The largest absolute Gasteiger partial charge is 0.0769 e. The van der Waals surface area contributed by atoms with Crippen molar-refractivity contribution in [1.82, 2.24) is 0 Å². The van der Waals surface area contributed by atoms with Crippen LogP contribution in [0, 0.1) is 0 Å². The van der Waals surface area contributed by atoms with Crippen molar-refractivity contribution in [1.29, 1.82) is 0 Å². The first kappa shape index (κ1) is 10.3. The Morgan fingerprint density at radius 3 is 2.41 bits per heavy atom. The lowest BCUT2D eigenvalue weighted by Gasteiger charge is -2.09. The number of benzene rings is 2. The van der Waals surface area contributed by atoms with Gasteiger partial charge < -0.3 is 0 Å². The van der Waals surface area contributed by atoms with Crippen molar-refractivity contribution in [3.8, 4) is 0 Å². The minimum absolute atomic E-state index is 1.08. The quantitative estimate of drug-likeness (QED) is 0.637. The van der Waals surface area contributed by atoms with Gasteiger partial charge in [0.25, 0.3) is 0 Å². The molecular formula is C17H16. The van der Waals surface area contributed by atoms with E-state index in [1.54, 1.807) is 0 Å². The summed E-state index contributed by atoms with van der Waals surface area (Å²) in [7, 11) is 0. The van der Waals surface area contributed by atoms with E-state index in [4.69, 9.17) is 0 Å². The molecule has 0 atom stereocenters. The Labute approximate surface area is 102 Å². The van der Waals surface area contributed by atoms with Crippen molar-refractivity contribution in [2.24, 2.45) is 0 Å². The van der Waals surface area contributed by atoms with Crippen LogP contribution in [0.25, 0.3) is 16.3 Å². The average Bonchev–Trinajstić information content (AvgIpc) is 2.69. The van der Waals surface area contributed by atoms with Crippen LogP contribution in [0.4, 0.5) is 0 Å². The second-order valence-corrected chi connectivity index (χ2v) is 4.72. The molecule has 0 nitrogen and oxygen atoms in total. The van der Waals surface area contributed by atoms with Crippen LogP contribution in [0.15, 0.2) is 59.7 Å². The van der Waals surface area contributed by atoms with Crippen molar-refractivity contribution in [3.05, 3.63) is 65.3 Å². The lowest BCUT2D eigenvalue weighted by Crippen LogP contribution is -1.86. The predicted molar refractivity (Wildman–Crippen MR) is 74.9 cm³/mol. The van der Waals surface area contributed by atoms with Crippen LogP contribution >= 0.6 is 0 Å². The van der Waals surface area contributed by atoms with Crippen molar-refractivity contribution >= 4 is 16.3 Å². The van der Waals surface area contributed by atoms with Gasteiger partial charge in [-0.05, 0) is 47.8 Å². The minimum atomic E-state index is 1.08. The number of rotatable bonds is 1. The molecule has 0 radical (unpaired) electrons. The molecule has 0 heterocycles. The summed E-state index contributed by atoms with van der Waals surface area (Å²) in [6.45, 7) is 4.43. The highest BCUT2D eigenvalue weighted by Crippen LogP contribution is 2.36. The molecule has 17 heavy (non-hydrogen) atoms. The smallest absolute Gasteiger partial charge is 0.00827 e. The summed E-state index contributed by atoms with van der Waals surface area (Å²) < 4.78 is 0. The number of fused-ring (bicyclic) bond motifs is 1. The van der Waals surface area contributed by atoms with Crippen molar-refractivity contribution < 1.29 is 0 Å². The van der Waals surface area contributed by atoms with Crippen molar-refractivity contribution in [2.75, 3.05) is 0 Å². The maximum absolute atomic E-state index is 2.33. The van der Waals surface area contributed by atoms with Gasteiger partial charge in [-0.25, -0.2) is 0 Å². The van der Waals surface area contributed by atoms with E-state index in [1.807, 2.05) is 0 Å². The summed E-state index contributed by atoms with van der Waals surface area (Å²) in [5.41, 5.74) is 5.75. The molecule has 2 aromatic rings. The Morgan fingerprint density at radius 2 is 1.65 bits per heavy atom. The van der Waals surface area contributed by atoms with Crippen molar-refractivity contribution in [3.63, 3.8) is 0 Å². The Balaban J connectivity index is 2.26. The monoisotopic (exact) mass is 220 g/mol. The van der Waals surface area contributed by atoms with Crippen LogP contribution in [0.1, 0.15) is 25.8 Å². The van der Waals surface area contributed by atoms with Gasteiger partial charge in [-0.3, -0.25) is 0 Å². The summed E-state index contributed by atoms with van der Waals surface area (Å²) >= 11 is 0. The van der Waals surface area contributed by atoms with E-state index >= 15 is 0 Å². The molecule has 1 aliphatic carbocycles. The Kier molecular flexibility index (Phi) is 2.36. The first-order valence-corrected chi connectivity index (χ1v) is 6.12. The molecule has 0 fully saturated rings. The van der Waals surface area contributed by atoms with Gasteiger partial charge in [0.1, 0.15) is 0 Å². The third-order valence-electron chi connectivity index (χ3n) is 3.77. The molecule has 2 aromatic carbocycles. The molecule has 0 saturated heterocycles. The van der Waals surface area contributed by atoms with E-state index in [-0.39, 0.29) is 0 Å². The van der Waals surface area contributed by atoms with Gasteiger partial charge in [-0.15, -0.1) is 0 Å². The second-order valence-electron chi connectivity index (χ2n) is 4.72. The van der Waals surface area contributed by atoms with Gasteiger partial charge in [0.05, 0.1) is 0 Å². The third kappa shape index (κ3) is 1.61. The molecule has 0 bridgehead atoms. The van der Waals surface area contributed by atoms with E-state index in [0.717, 1.165) is 6.42 Å². The maximum Gasteiger partial charge on any atom is -0.00827 e. The molecule has 0 N–H and O–H groups in total. The highest BCUT2D eigenvalue weighted by Gasteiger charge is 2.13. The van der Waals surface area contributed by atoms with Gasteiger partial charge in [0, 0.05) is 0 Å². The first-order chi connectivity index (χ1) is 8.27. The van der Waals surface area contributed by atoms with Gasteiger partial charge >= 0.3 is 0 Å². The van der Waals surface area contributed by atoms with Crippen molar-refractivity contribution in [2.45, 2.75) is 20.3 Å². The molecule has 0 aliphatic heterocycles. The summed E-state index contributed by atoms with van der Waals surface area (Å²) in [5.74, 6) is 0. The Morgan fingerprint density at radius 1 is 0.882 bits per heavy atom. The van der Waals surface area contributed by atoms with E-state index < -0.39 is 0 Å². The fraction of sp³-hybridized carbons (Fsp3) is 0.176. The zero-order chi connectivity index (χ0) is 11.8. The molecule has 3 rings (SSSR count). The summed E-state index contributed by atoms with van der Waals surface area (Å²) in [6.07, 6.45) is 3.40. The second kappa shape index (κ2) is 3.89. The van der Waals surface area contributed by atoms with E-state index in [2.05, 4.69) is 62.4 Å². The van der Waals surface area contributed by atoms with Gasteiger partial charge in [-0.2, -0.15) is 0 Å². The van der Waals surface area contributed by atoms with Gasteiger partial charge in [0.15, 0.2) is 0 Å². The fourth-order valence-corrected chi connectivity index (χ4v) is 2.60. The number of allylic oxidation sites excluding steroid dienone is 4. The molecular weight excluding hydrogens is 204 g/mol. The normalized spacial score (nSPS) is 15.5. The maximum atomic E-state index is 2.33. The molecule has 0 aromatic heterocycles. The van der Waals surface area contributed by atoms with Crippen LogP contribution in [-0.4, -0.2) is 0 Å².